The number of hydrogen-bond acceptors (Lipinski definition) is 22. The van der Waals surface area contributed by atoms with Crippen LogP contribution in [0.2, 0.25) is 0 Å². The fraction of sp³-hybridized carbons (Fsp3) is 0.672. The molecule has 0 atom stereocenters. The van der Waals surface area contributed by atoms with Gasteiger partial charge in [-0.05, 0) is 24.3 Å². The number of pyridine rings is 1. The molecule has 0 fully saturated rings. The first-order valence-corrected chi connectivity index (χ1v) is 28.4. The zero-order chi connectivity index (χ0) is 57.4. The van der Waals surface area contributed by atoms with Crippen molar-refractivity contribution in [3.8, 4) is 28.8 Å². The van der Waals surface area contributed by atoms with E-state index in [-0.39, 0.29) is 6.61 Å². The van der Waals surface area contributed by atoms with Crippen molar-refractivity contribution in [3.05, 3.63) is 60.7 Å². The minimum atomic E-state index is 0.279. The summed E-state index contributed by atoms with van der Waals surface area (Å²) in [5.74, 6) is 1.90. The van der Waals surface area contributed by atoms with Gasteiger partial charge in [0.15, 0.2) is 11.6 Å². The van der Waals surface area contributed by atoms with Gasteiger partial charge >= 0.3 is 0 Å². The molecular formula is C58H91N5O19. The molecule has 0 spiro atoms. The van der Waals surface area contributed by atoms with Crippen LogP contribution in [0.25, 0.3) is 45.1 Å². The molecule has 0 saturated heterocycles. The summed E-state index contributed by atoms with van der Waals surface area (Å²) >= 11 is 0. The number of fused-ring (bicyclic) bond motifs is 2. The largest absolute Gasteiger partial charge is 0.491 e. The van der Waals surface area contributed by atoms with E-state index in [9.17, 15) is 0 Å². The number of rotatable bonds is 57. The Kier molecular flexibility index (Phi) is 39.1. The second-order valence-electron chi connectivity index (χ2n) is 17.7. The number of ether oxygens (including phenoxy) is 19. The van der Waals surface area contributed by atoms with Gasteiger partial charge in [-0.2, -0.15) is 0 Å². The van der Waals surface area contributed by atoms with Gasteiger partial charge in [-0.3, -0.25) is 0 Å². The molecule has 24 heteroatoms. The van der Waals surface area contributed by atoms with E-state index in [4.69, 9.17) is 105 Å². The zero-order valence-electron chi connectivity index (χ0n) is 48.7. The quantitative estimate of drug-likeness (QED) is 0.0482. The highest BCUT2D eigenvalue weighted by Gasteiger charge is 2.20. The summed E-state index contributed by atoms with van der Waals surface area (Å²) in [7, 11) is 4.94. The topological polar surface area (TPSA) is 224 Å². The maximum atomic E-state index is 6.43. The van der Waals surface area contributed by atoms with E-state index in [0.717, 1.165) is 22.1 Å². The van der Waals surface area contributed by atoms with Gasteiger partial charge in [0.2, 0.25) is 0 Å². The monoisotopic (exact) mass is 1160 g/mol. The third-order valence-electron chi connectivity index (χ3n) is 11.7. The van der Waals surface area contributed by atoms with Crippen LogP contribution in [-0.2, 0) is 98.4 Å². The van der Waals surface area contributed by atoms with Crippen molar-refractivity contribution < 1.29 is 90.0 Å². The minimum absolute atomic E-state index is 0.279. The molecule has 3 aromatic heterocycles. The lowest BCUT2D eigenvalue weighted by Crippen LogP contribution is -2.15. The second-order valence-corrected chi connectivity index (χ2v) is 17.7. The lowest BCUT2D eigenvalue weighted by molar-refractivity contribution is -0.0159. The molecule has 2 aromatic carbocycles. The van der Waals surface area contributed by atoms with Crippen molar-refractivity contribution in [2.45, 2.75) is 13.1 Å². The Morgan fingerprint density at radius 1 is 0.280 bits per heavy atom. The van der Waals surface area contributed by atoms with Crippen LogP contribution in [0.15, 0.2) is 60.7 Å². The highest BCUT2D eigenvalue weighted by Crippen LogP contribution is 2.32. The van der Waals surface area contributed by atoms with Gasteiger partial charge in [0.05, 0.1) is 240 Å². The zero-order valence-corrected chi connectivity index (χ0v) is 48.7. The van der Waals surface area contributed by atoms with Gasteiger partial charge in [-0.1, -0.05) is 24.3 Å². The summed E-state index contributed by atoms with van der Waals surface area (Å²) in [5.41, 5.74) is 4.75. The maximum absolute atomic E-state index is 6.43. The number of hydrogen-bond donors (Lipinski definition) is 0. The molecule has 0 radical (unpaired) electrons. The van der Waals surface area contributed by atoms with E-state index >= 15 is 0 Å². The van der Waals surface area contributed by atoms with Crippen LogP contribution < -0.4 is 4.74 Å². The molecule has 0 unspecified atom stereocenters. The van der Waals surface area contributed by atoms with E-state index in [0.29, 0.717) is 260 Å². The lowest BCUT2D eigenvalue weighted by atomic mass is 10.2. The average molecular weight is 1160 g/mol. The van der Waals surface area contributed by atoms with Crippen LogP contribution in [-0.4, -0.2) is 270 Å². The minimum Gasteiger partial charge on any atom is -0.491 e. The number of methoxy groups -OCH3 is 3. The van der Waals surface area contributed by atoms with Crippen molar-refractivity contribution in [3.63, 3.8) is 0 Å². The van der Waals surface area contributed by atoms with Gasteiger partial charge in [0.25, 0.3) is 0 Å². The van der Waals surface area contributed by atoms with E-state index < -0.39 is 0 Å². The summed E-state index contributed by atoms with van der Waals surface area (Å²) in [5, 5.41) is 0. The highest BCUT2D eigenvalue weighted by atomic mass is 16.6. The third kappa shape index (κ3) is 29.4. The number of para-hydroxylation sites is 4. The van der Waals surface area contributed by atoms with Crippen LogP contribution in [0.5, 0.6) is 5.75 Å². The predicted molar refractivity (Wildman–Crippen MR) is 305 cm³/mol. The van der Waals surface area contributed by atoms with E-state index in [2.05, 4.69) is 9.13 Å². The molecule has 0 aliphatic carbocycles. The van der Waals surface area contributed by atoms with Crippen LogP contribution in [0.4, 0.5) is 0 Å². The van der Waals surface area contributed by atoms with Gasteiger partial charge < -0.3 is 99.1 Å². The second kappa shape index (κ2) is 46.9. The number of aromatic nitrogens is 5. The predicted octanol–water partition coefficient (Wildman–Crippen LogP) is 4.68. The summed E-state index contributed by atoms with van der Waals surface area (Å²) in [6.45, 7) is 17.1. The van der Waals surface area contributed by atoms with Gasteiger partial charge in [0.1, 0.15) is 23.7 Å². The Balaban J connectivity index is 1.14. The Morgan fingerprint density at radius 2 is 0.524 bits per heavy atom. The first-order chi connectivity index (χ1) is 40.7. The van der Waals surface area contributed by atoms with Gasteiger partial charge in [0, 0.05) is 46.6 Å². The molecule has 0 N–H and O–H groups in total. The summed E-state index contributed by atoms with van der Waals surface area (Å²) in [6.07, 6.45) is 0. The molecule has 3 heterocycles. The van der Waals surface area contributed by atoms with Crippen molar-refractivity contribution >= 4 is 22.1 Å². The van der Waals surface area contributed by atoms with Gasteiger partial charge in [-0.25, -0.2) is 15.0 Å². The van der Waals surface area contributed by atoms with Crippen LogP contribution in [0, 0.1) is 0 Å². The van der Waals surface area contributed by atoms with E-state index in [1.807, 2.05) is 60.7 Å². The molecule has 24 nitrogen and oxygen atoms in total. The molecule has 0 amide bonds. The highest BCUT2D eigenvalue weighted by molar-refractivity contribution is 5.82. The fourth-order valence-electron chi connectivity index (χ4n) is 7.71. The first-order valence-electron chi connectivity index (χ1n) is 28.4. The Hall–Kier alpha value is -4.39. The lowest BCUT2D eigenvalue weighted by Gasteiger charge is -2.14. The molecule has 5 rings (SSSR count). The van der Waals surface area contributed by atoms with Crippen molar-refractivity contribution in [2.24, 2.45) is 0 Å². The molecule has 462 valence electrons. The van der Waals surface area contributed by atoms with Crippen LogP contribution in [0.3, 0.4) is 0 Å². The maximum Gasteiger partial charge on any atom is 0.160 e. The third-order valence-corrected chi connectivity index (χ3v) is 11.7. The summed E-state index contributed by atoms with van der Waals surface area (Å²) < 4.78 is 111. The molecule has 0 saturated carbocycles. The smallest absolute Gasteiger partial charge is 0.160 e. The molecule has 0 bridgehead atoms. The molecule has 0 aliphatic heterocycles. The van der Waals surface area contributed by atoms with E-state index in [1.165, 1.54) is 0 Å². The van der Waals surface area contributed by atoms with E-state index in [1.54, 1.807) is 21.3 Å². The molecule has 0 aliphatic rings. The van der Waals surface area contributed by atoms with Crippen molar-refractivity contribution in [2.75, 3.05) is 246 Å². The molecule has 5 aromatic rings. The fourth-order valence-corrected chi connectivity index (χ4v) is 7.71. The number of benzene rings is 2. The Labute approximate surface area is 483 Å². The average Bonchev–Trinajstić information content (AvgIpc) is 4.26. The summed E-state index contributed by atoms with van der Waals surface area (Å²) in [4.78, 5) is 15.5. The first kappa shape index (κ1) is 68.4. The van der Waals surface area contributed by atoms with Crippen molar-refractivity contribution in [1.29, 1.82) is 0 Å². The Morgan fingerprint density at radius 3 is 0.805 bits per heavy atom. The number of nitrogens with zero attached hydrogens (tertiary/aromatic N) is 5. The van der Waals surface area contributed by atoms with Gasteiger partial charge in [-0.15, -0.1) is 0 Å². The molecule has 82 heavy (non-hydrogen) atoms. The summed E-state index contributed by atoms with van der Waals surface area (Å²) in [6, 6.07) is 19.8. The molecular weight excluding hydrogens is 1070 g/mol. The Bertz CT molecular complexity index is 2180. The number of imidazole rings is 2. The standard InChI is InChI=1S/C58H91N5O19/c1-64-16-19-69-26-29-74-36-39-77-34-32-72-24-22-67-14-12-62-55-10-6-4-8-51(55)60-57(62)53-48-50(82-47-46-81-45-44-80-43-42-79-41-38-76-31-28-71-21-18-66-3)49-54(59-53)58-61-52-9-5-7-11-56(52)63(58)13-15-68-23-25-73-33-35-78-40-37-75-30-27-70-20-17-65-2/h4-11,48-49H,12-47H2,1-3H3. The normalized spacial score (nSPS) is 11.8. The van der Waals surface area contributed by atoms with Crippen LogP contribution >= 0.6 is 0 Å². The SMILES string of the molecule is COCCOCCOCCOCCOCCOCCOc1cc(-c2nc3ccccc3n2CCOCCOCCOCCOCCOCCOC)nc(-c2nc3ccccc3n2CCOCCOCCOCCOCCOCCOC)c1. The van der Waals surface area contributed by atoms with Crippen molar-refractivity contribution in [1.82, 2.24) is 24.1 Å². The van der Waals surface area contributed by atoms with Crippen LogP contribution in [0.1, 0.15) is 0 Å².